The van der Waals surface area contributed by atoms with Crippen LogP contribution in [0.25, 0.3) is 0 Å². The molecule has 1 saturated heterocycles. The van der Waals surface area contributed by atoms with Crippen LogP contribution < -0.4 is 0 Å². The molecule has 1 rings (SSSR count). The van der Waals surface area contributed by atoms with Gasteiger partial charge < -0.3 is 9.94 Å². The van der Waals surface area contributed by atoms with Crippen molar-refractivity contribution in [3.63, 3.8) is 0 Å². The standard InChI is InChI=1S/C14H29NO2/c1-6-13(7-2)10-12(16)11-14(8-3,9-4)15(13)17-5/h12,16H,6-11H2,1-5H3. The van der Waals surface area contributed by atoms with E-state index in [1.165, 1.54) is 0 Å². The van der Waals surface area contributed by atoms with Gasteiger partial charge in [0.2, 0.25) is 0 Å². The van der Waals surface area contributed by atoms with Crippen LogP contribution in [0.5, 0.6) is 0 Å². The van der Waals surface area contributed by atoms with Crippen LogP contribution >= 0.6 is 0 Å². The maximum absolute atomic E-state index is 10.2. The lowest BCUT2D eigenvalue weighted by atomic mass is 9.72. The molecule has 0 bridgehead atoms. The minimum atomic E-state index is -0.193. The number of rotatable bonds is 5. The highest BCUT2D eigenvalue weighted by molar-refractivity contribution is 5.03. The van der Waals surface area contributed by atoms with Crippen molar-refractivity contribution in [2.45, 2.75) is 83.4 Å². The third-order valence-electron chi connectivity index (χ3n) is 4.91. The Labute approximate surface area is 106 Å². The lowest BCUT2D eigenvalue weighted by Gasteiger charge is -2.57. The van der Waals surface area contributed by atoms with E-state index in [1.54, 1.807) is 7.11 Å². The van der Waals surface area contributed by atoms with Gasteiger partial charge in [0.1, 0.15) is 0 Å². The third kappa shape index (κ3) is 2.38. The van der Waals surface area contributed by atoms with E-state index in [9.17, 15) is 5.11 Å². The topological polar surface area (TPSA) is 32.7 Å². The Kier molecular flexibility index (Phi) is 4.99. The van der Waals surface area contributed by atoms with Gasteiger partial charge in [0.25, 0.3) is 0 Å². The van der Waals surface area contributed by atoms with Gasteiger partial charge in [0.05, 0.1) is 13.2 Å². The van der Waals surface area contributed by atoms with Crippen LogP contribution in [-0.4, -0.2) is 34.5 Å². The van der Waals surface area contributed by atoms with Crippen LogP contribution in [0.1, 0.15) is 66.2 Å². The summed E-state index contributed by atoms with van der Waals surface area (Å²) in [6.45, 7) is 8.79. The normalized spacial score (nSPS) is 25.1. The van der Waals surface area contributed by atoms with Crippen molar-refractivity contribution in [2.24, 2.45) is 0 Å². The zero-order valence-corrected chi connectivity index (χ0v) is 12.1. The zero-order chi connectivity index (χ0) is 13.1. The molecule has 0 amide bonds. The van der Waals surface area contributed by atoms with Crippen LogP contribution in [-0.2, 0) is 4.84 Å². The first-order valence-electron chi connectivity index (χ1n) is 7.06. The Morgan fingerprint density at radius 2 is 1.35 bits per heavy atom. The molecule has 3 nitrogen and oxygen atoms in total. The molecule has 0 aromatic carbocycles. The number of hydrogen-bond acceptors (Lipinski definition) is 3. The summed E-state index contributed by atoms with van der Waals surface area (Å²) in [5.41, 5.74) is -0.00310. The van der Waals surface area contributed by atoms with Gasteiger partial charge in [0.15, 0.2) is 0 Å². The highest BCUT2D eigenvalue weighted by Gasteiger charge is 2.51. The molecule has 1 aliphatic heterocycles. The second kappa shape index (κ2) is 5.68. The average molecular weight is 243 g/mol. The maximum Gasteiger partial charge on any atom is 0.0577 e. The van der Waals surface area contributed by atoms with Crippen LogP contribution in [0.4, 0.5) is 0 Å². The molecular formula is C14H29NO2. The fraction of sp³-hybridized carbons (Fsp3) is 1.00. The molecule has 0 aliphatic carbocycles. The van der Waals surface area contributed by atoms with Crippen molar-refractivity contribution in [1.82, 2.24) is 5.06 Å². The third-order valence-corrected chi connectivity index (χ3v) is 4.91. The summed E-state index contributed by atoms with van der Waals surface area (Å²) >= 11 is 0. The van der Waals surface area contributed by atoms with Gasteiger partial charge in [-0.25, -0.2) is 0 Å². The lowest BCUT2D eigenvalue weighted by molar-refractivity contribution is -0.298. The van der Waals surface area contributed by atoms with Crippen molar-refractivity contribution in [1.29, 1.82) is 0 Å². The van der Waals surface area contributed by atoms with Crippen molar-refractivity contribution in [3.8, 4) is 0 Å². The Hall–Kier alpha value is -0.120. The zero-order valence-electron chi connectivity index (χ0n) is 12.1. The molecule has 3 heteroatoms. The molecule has 0 aromatic heterocycles. The number of aliphatic hydroxyl groups is 1. The molecule has 102 valence electrons. The molecule has 0 radical (unpaired) electrons. The first-order valence-corrected chi connectivity index (χ1v) is 7.06. The smallest absolute Gasteiger partial charge is 0.0577 e. The van der Waals surface area contributed by atoms with E-state index in [-0.39, 0.29) is 17.2 Å². The molecule has 0 unspecified atom stereocenters. The maximum atomic E-state index is 10.2. The quantitative estimate of drug-likeness (QED) is 0.805. The fourth-order valence-corrected chi connectivity index (χ4v) is 3.66. The Bertz CT molecular complexity index is 212. The van der Waals surface area contributed by atoms with E-state index in [2.05, 4.69) is 32.8 Å². The van der Waals surface area contributed by atoms with Crippen LogP contribution in [0.15, 0.2) is 0 Å². The van der Waals surface area contributed by atoms with Gasteiger partial charge in [-0.1, -0.05) is 27.7 Å². The molecule has 1 aliphatic rings. The minimum Gasteiger partial charge on any atom is -0.393 e. The van der Waals surface area contributed by atoms with Crippen LogP contribution in [0, 0.1) is 0 Å². The van der Waals surface area contributed by atoms with E-state index in [0.717, 1.165) is 38.5 Å². The van der Waals surface area contributed by atoms with Crippen molar-refractivity contribution >= 4 is 0 Å². The van der Waals surface area contributed by atoms with Crippen molar-refractivity contribution < 1.29 is 9.94 Å². The summed E-state index contributed by atoms with van der Waals surface area (Å²) in [7, 11) is 1.78. The van der Waals surface area contributed by atoms with Gasteiger partial charge in [-0.15, -0.1) is 0 Å². The highest BCUT2D eigenvalue weighted by Crippen LogP contribution is 2.45. The minimum absolute atomic E-state index is 0.00155. The average Bonchev–Trinajstić information content (AvgIpc) is 2.36. The molecule has 0 saturated carbocycles. The SMILES string of the molecule is CCC1(CC)CC(O)CC(CC)(CC)N1OC. The predicted molar refractivity (Wildman–Crippen MR) is 70.7 cm³/mol. The van der Waals surface area contributed by atoms with E-state index < -0.39 is 0 Å². The summed E-state index contributed by atoms with van der Waals surface area (Å²) in [4.78, 5) is 5.76. The molecule has 1 N–H and O–H groups in total. The predicted octanol–water partition coefficient (Wildman–Crippen LogP) is 3.12. The van der Waals surface area contributed by atoms with Crippen LogP contribution in [0.3, 0.4) is 0 Å². The second-order valence-corrected chi connectivity index (χ2v) is 5.40. The molecule has 0 spiro atoms. The molecule has 0 atom stereocenters. The van der Waals surface area contributed by atoms with Gasteiger partial charge in [-0.3, -0.25) is 0 Å². The van der Waals surface area contributed by atoms with Crippen LogP contribution in [0.2, 0.25) is 0 Å². The number of nitrogens with zero attached hydrogens (tertiary/aromatic N) is 1. The van der Waals surface area contributed by atoms with Gasteiger partial charge in [-0.2, -0.15) is 5.06 Å². The summed E-state index contributed by atoms with van der Waals surface area (Å²) < 4.78 is 0. The largest absolute Gasteiger partial charge is 0.393 e. The van der Waals surface area contributed by atoms with Gasteiger partial charge >= 0.3 is 0 Å². The first-order chi connectivity index (χ1) is 8.04. The number of aliphatic hydroxyl groups excluding tert-OH is 1. The summed E-state index contributed by atoms with van der Waals surface area (Å²) in [5, 5.41) is 12.5. The van der Waals surface area contributed by atoms with E-state index >= 15 is 0 Å². The Morgan fingerprint density at radius 3 is 1.59 bits per heavy atom. The van der Waals surface area contributed by atoms with E-state index in [4.69, 9.17) is 4.84 Å². The molecule has 1 heterocycles. The molecular weight excluding hydrogens is 214 g/mol. The Balaban J connectivity index is 3.14. The molecule has 0 aromatic rings. The monoisotopic (exact) mass is 243 g/mol. The first kappa shape index (κ1) is 14.9. The Morgan fingerprint density at radius 1 is 1.00 bits per heavy atom. The van der Waals surface area contributed by atoms with E-state index in [0.29, 0.717) is 0 Å². The van der Waals surface area contributed by atoms with Gasteiger partial charge in [-0.05, 0) is 38.5 Å². The molecule has 17 heavy (non-hydrogen) atoms. The number of piperidine rings is 1. The lowest BCUT2D eigenvalue weighted by Crippen LogP contribution is -2.65. The summed E-state index contributed by atoms with van der Waals surface area (Å²) in [5.74, 6) is 0. The number of hydroxylamine groups is 2. The number of hydrogen-bond donors (Lipinski definition) is 1. The fourth-order valence-electron chi connectivity index (χ4n) is 3.66. The van der Waals surface area contributed by atoms with Crippen molar-refractivity contribution in [3.05, 3.63) is 0 Å². The van der Waals surface area contributed by atoms with Gasteiger partial charge in [0, 0.05) is 11.1 Å². The summed E-state index contributed by atoms with van der Waals surface area (Å²) in [6.07, 6.45) is 5.56. The second-order valence-electron chi connectivity index (χ2n) is 5.40. The van der Waals surface area contributed by atoms with E-state index in [1.807, 2.05) is 0 Å². The highest BCUT2D eigenvalue weighted by atomic mass is 16.7. The molecule has 1 fully saturated rings. The summed E-state index contributed by atoms with van der Waals surface area (Å²) in [6, 6.07) is 0. The van der Waals surface area contributed by atoms with Crippen molar-refractivity contribution in [2.75, 3.05) is 7.11 Å².